The van der Waals surface area contributed by atoms with Gasteiger partial charge in [-0.25, -0.2) is 23.4 Å². The van der Waals surface area contributed by atoms with Gasteiger partial charge in [0.15, 0.2) is 11.5 Å². The van der Waals surface area contributed by atoms with E-state index in [4.69, 9.17) is 14.7 Å². The molecule has 41 heavy (non-hydrogen) atoms. The zero-order valence-electron chi connectivity index (χ0n) is 22.4. The number of imidazole rings is 1. The molecule has 0 bridgehead atoms. The number of nitrogens with one attached hydrogen (secondary N) is 1. The Morgan fingerprint density at radius 1 is 1.05 bits per heavy atom. The van der Waals surface area contributed by atoms with E-state index in [2.05, 4.69) is 28.0 Å². The lowest BCUT2D eigenvalue weighted by atomic mass is 10.0. The van der Waals surface area contributed by atoms with Crippen LogP contribution in [0.15, 0.2) is 85.5 Å². The number of nitrogens with zero attached hydrogens (tertiary/aromatic N) is 6. The Hall–Kier alpha value is -4.41. The van der Waals surface area contributed by atoms with Crippen molar-refractivity contribution in [1.82, 2.24) is 34.5 Å². The zero-order valence-corrected chi connectivity index (χ0v) is 22.4. The van der Waals surface area contributed by atoms with Gasteiger partial charge in [-0.05, 0) is 49.2 Å². The molecule has 0 aliphatic carbocycles. The van der Waals surface area contributed by atoms with Crippen LogP contribution in [0.5, 0.6) is 5.75 Å². The average Bonchev–Trinajstić information content (AvgIpc) is 3.73. The largest absolute Gasteiger partial charge is 0.491 e. The number of fused-ring (bicyclic) bond motifs is 2. The van der Waals surface area contributed by atoms with Crippen molar-refractivity contribution in [3.63, 3.8) is 0 Å². The van der Waals surface area contributed by atoms with Crippen LogP contribution in [-0.4, -0.2) is 61.5 Å². The molecule has 2 aromatic carbocycles. The van der Waals surface area contributed by atoms with Gasteiger partial charge in [-0.2, -0.15) is 5.10 Å². The molecule has 8 nitrogen and oxygen atoms in total. The maximum Gasteiger partial charge on any atom is 0.167 e. The average molecular weight is 554 g/mol. The lowest BCUT2D eigenvalue weighted by Crippen LogP contribution is -2.44. The number of piperidine rings is 1. The molecule has 2 aliphatic heterocycles. The Balaban J connectivity index is 1.23. The van der Waals surface area contributed by atoms with Crippen LogP contribution in [0.3, 0.4) is 0 Å². The summed E-state index contributed by atoms with van der Waals surface area (Å²) in [6.07, 6.45) is 5.40. The normalized spacial score (nSPS) is 17.6. The summed E-state index contributed by atoms with van der Waals surface area (Å²) in [4.78, 5) is 11.8. The lowest BCUT2D eigenvalue weighted by molar-refractivity contribution is 0.189. The second kappa shape index (κ2) is 10.5. The van der Waals surface area contributed by atoms with Crippen LogP contribution in [0.25, 0.3) is 34.1 Å². The first-order valence-electron chi connectivity index (χ1n) is 13.8. The van der Waals surface area contributed by atoms with Gasteiger partial charge in [0.1, 0.15) is 35.3 Å². The molecule has 5 heterocycles. The Labute approximate surface area is 235 Å². The predicted octanol–water partition coefficient (Wildman–Crippen LogP) is 5.38. The van der Waals surface area contributed by atoms with Crippen molar-refractivity contribution in [2.24, 2.45) is 0 Å². The number of hydrogen-bond acceptors (Lipinski definition) is 6. The monoisotopic (exact) mass is 553 g/mol. The predicted molar refractivity (Wildman–Crippen MR) is 152 cm³/mol. The molecular formula is C31H29F2N7O. The van der Waals surface area contributed by atoms with Crippen molar-refractivity contribution in [1.29, 1.82) is 0 Å². The molecule has 5 aromatic rings. The summed E-state index contributed by atoms with van der Waals surface area (Å²) in [5.41, 5.74) is 3.47. The number of rotatable bonds is 7. The van der Waals surface area contributed by atoms with E-state index in [1.54, 1.807) is 29.1 Å². The first-order chi connectivity index (χ1) is 20.0. The minimum absolute atomic E-state index is 0.0573. The van der Waals surface area contributed by atoms with E-state index in [9.17, 15) is 4.39 Å². The van der Waals surface area contributed by atoms with Crippen molar-refractivity contribution >= 4 is 11.2 Å². The maximum absolute atomic E-state index is 15.0. The second-order valence-corrected chi connectivity index (χ2v) is 10.5. The minimum Gasteiger partial charge on any atom is -0.491 e. The summed E-state index contributed by atoms with van der Waals surface area (Å²) >= 11 is 0. The minimum atomic E-state index is -0.361. The van der Waals surface area contributed by atoms with Crippen molar-refractivity contribution in [3.8, 4) is 28.6 Å². The number of ether oxygens (including phenoxy) is 1. The smallest absolute Gasteiger partial charge is 0.167 e. The van der Waals surface area contributed by atoms with E-state index in [0.717, 1.165) is 42.9 Å². The molecule has 0 radical (unpaired) electrons. The third-order valence-electron chi connectivity index (χ3n) is 7.80. The molecule has 0 amide bonds. The zero-order chi connectivity index (χ0) is 27.9. The van der Waals surface area contributed by atoms with Gasteiger partial charge in [0, 0.05) is 49.7 Å². The summed E-state index contributed by atoms with van der Waals surface area (Å²) in [5.74, 6) is 1.21. The fraction of sp³-hybridized carbons (Fsp3) is 0.258. The topological polar surface area (TPSA) is 73.0 Å². The fourth-order valence-electron chi connectivity index (χ4n) is 5.81. The number of halogens is 2. The van der Waals surface area contributed by atoms with Crippen molar-refractivity contribution in [2.75, 3.05) is 26.2 Å². The Morgan fingerprint density at radius 2 is 1.90 bits per heavy atom. The second-order valence-electron chi connectivity index (χ2n) is 10.5. The molecule has 208 valence electrons. The summed E-state index contributed by atoms with van der Waals surface area (Å²) in [7, 11) is 0. The Kier molecular flexibility index (Phi) is 6.56. The number of likely N-dealkylation sites (tertiary alicyclic amines) is 1. The van der Waals surface area contributed by atoms with Crippen LogP contribution in [0.2, 0.25) is 0 Å². The van der Waals surface area contributed by atoms with Gasteiger partial charge in [-0.15, -0.1) is 0 Å². The number of benzene rings is 2. The molecule has 10 heteroatoms. The molecule has 0 saturated carbocycles. The van der Waals surface area contributed by atoms with E-state index < -0.39 is 0 Å². The van der Waals surface area contributed by atoms with Crippen LogP contribution in [-0.2, 0) is 0 Å². The van der Waals surface area contributed by atoms with E-state index in [-0.39, 0.29) is 17.7 Å². The van der Waals surface area contributed by atoms with Gasteiger partial charge in [0.05, 0.1) is 17.3 Å². The quantitative estimate of drug-likeness (QED) is 0.292. The lowest BCUT2D eigenvalue weighted by Gasteiger charge is -2.33. The Morgan fingerprint density at radius 3 is 2.68 bits per heavy atom. The van der Waals surface area contributed by atoms with Gasteiger partial charge in [-0.1, -0.05) is 24.8 Å². The van der Waals surface area contributed by atoms with E-state index in [0.29, 0.717) is 47.6 Å². The summed E-state index contributed by atoms with van der Waals surface area (Å²) in [6.45, 7) is 5.88. The summed E-state index contributed by atoms with van der Waals surface area (Å²) in [5, 5.41) is 8.05. The SMILES string of the molecule is C=C(F)CN1CCC(N[C@H]2COc3cc(-n4c(-c5ccccc5F)nc5ccc(-n6cccn6)nc54)ccc32)CC1. The molecular weight excluding hydrogens is 524 g/mol. The van der Waals surface area contributed by atoms with Crippen LogP contribution < -0.4 is 10.1 Å². The number of aromatic nitrogens is 5. The standard InChI is InChI=1S/C31H29F2N7O/c1-20(32)18-38-15-11-21(12-16-38)35-27-19-41-28-17-22(7-8-24(27)28)40-30(23-5-2-3-6-25(23)33)36-26-9-10-29(37-31(26)40)39-14-4-13-34-39/h2-10,13-14,17,21,27,35H,1,11-12,15-16,18-19H2/t27-/m0/s1. The molecule has 7 rings (SSSR count). The molecule has 3 aromatic heterocycles. The highest BCUT2D eigenvalue weighted by atomic mass is 19.1. The van der Waals surface area contributed by atoms with Crippen molar-refractivity contribution < 1.29 is 13.5 Å². The van der Waals surface area contributed by atoms with Gasteiger partial charge >= 0.3 is 0 Å². The highest BCUT2D eigenvalue weighted by Gasteiger charge is 2.29. The fourth-order valence-corrected chi connectivity index (χ4v) is 5.81. The highest BCUT2D eigenvalue weighted by molar-refractivity contribution is 5.81. The van der Waals surface area contributed by atoms with Crippen molar-refractivity contribution in [2.45, 2.75) is 24.9 Å². The highest BCUT2D eigenvalue weighted by Crippen LogP contribution is 2.37. The van der Waals surface area contributed by atoms with Gasteiger partial charge in [0.2, 0.25) is 0 Å². The molecule has 2 aliphatic rings. The first-order valence-corrected chi connectivity index (χ1v) is 13.8. The number of pyridine rings is 1. The van der Waals surface area contributed by atoms with Crippen LogP contribution in [0.4, 0.5) is 8.78 Å². The van der Waals surface area contributed by atoms with E-state index >= 15 is 4.39 Å². The van der Waals surface area contributed by atoms with Crippen LogP contribution >= 0.6 is 0 Å². The number of hydrogen-bond donors (Lipinski definition) is 1. The molecule has 1 saturated heterocycles. The first kappa shape index (κ1) is 25.6. The maximum atomic E-state index is 15.0. The Bertz CT molecular complexity index is 1720. The van der Waals surface area contributed by atoms with Crippen molar-refractivity contribution in [3.05, 3.63) is 96.8 Å². The van der Waals surface area contributed by atoms with E-state index in [1.807, 2.05) is 41.1 Å². The molecule has 1 fully saturated rings. The third kappa shape index (κ3) is 4.89. The van der Waals surface area contributed by atoms with Gasteiger partial charge < -0.3 is 10.1 Å². The summed E-state index contributed by atoms with van der Waals surface area (Å²) in [6, 6.07) is 18.6. The van der Waals surface area contributed by atoms with Crippen LogP contribution in [0, 0.1) is 5.82 Å². The van der Waals surface area contributed by atoms with E-state index in [1.165, 1.54) is 6.07 Å². The molecule has 0 spiro atoms. The third-order valence-corrected chi connectivity index (χ3v) is 7.80. The molecule has 0 unspecified atom stereocenters. The van der Waals surface area contributed by atoms with Gasteiger partial charge in [-0.3, -0.25) is 9.47 Å². The summed E-state index contributed by atoms with van der Waals surface area (Å²) < 4.78 is 38.0. The molecule has 1 N–H and O–H groups in total. The van der Waals surface area contributed by atoms with Gasteiger partial charge in [0.25, 0.3) is 0 Å². The van der Waals surface area contributed by atoms with Crippen LogP contribution in [0.1, 0.15) is 24.4 Å². The molecule has 1 atom stereocenters.